The minimum absolute atomic E-state index is 0.113. The second-order valence-electron chi connectivity index (χ2n) is 12.9. The number of halogens is 3. The largest absolute Gasteiger partial charge is 0.492 e. The molecule has 0 aliphatic carbocycles. The average Bonchev–Trinajstić information content (AvgIpc) is 3.06. The highest BCUT2D eigenvalue weighted by molar-refractivity contribution is 6.32. The molecular weight excluding hydrogens is 636 g/mol. The molecule has 8 nitrogen and oxygen atoms in total. The number of aromatic nitrogens is 2. The van der Waals surface area contributed by atoms with Gasteiger partial charge in [-0.15, -0.1) is 0 Å². The number of piperidine rings is 1. The lowest BCUT2D eigenvalue weighted by molar-refractivity contribution is -0.931. The van der Waals surface area contributed by atoms with Crippen LogP contribution in [0.15, 0.2) is 59.5 Å². The number of nitrogens with one attached hydrogen (secondary N) is 1. The van der Waals surface area contributed by atoms with Crippen LogP contribution >= 0.6 is 11.6 Å². The topological polar surface area (TPSA) is 76.5 Å². The number of amides is 1. The Hall–Kier alpha value is -4.02. The molecule has 11 heteroatoms. The molecule has 0 saturated carbocycles. The predicted octanol–water partition coefficient (Wildman–Crippen LogP) is 7.99. The van der Waals surface area contributed by atoms with Gasteiger partial charge in [-0.1, -0.05) is 24.4 Å². The Labute approximate surface area is 285 Å². The molecule has 1 amide bonds. The van der Waals surface area contributed by atoms with Gasteiger partial charge in [0, 0.05) is 37.7 Å². The number of unbranched alkanes of at least 4 members (excludes halogenated alkanes) is 4. The lowest BCUT2D eigenvalue weighted by Gasteiger charge is -2.41. The van der Waals surface area contributed by atoms with E-state index in [-0.39, 0.29) is 16.6 Å². The van der Waals surface area contributed by atoms with E-state index in [0.29, 0.717) is 40.6 Å². The summed E-state index contributed by atoms with van der Waals surface area (Å²) in [5.41, 5.74) is -0.0509. The first-order valence-electron chi connectivity index (χ1n) is 16.9. The van der Waals surface area contributed by atoms with Gasteiger partial charge < -0.3 is 24.0 Å². The van der Waals surface area contributed by atoms with Crippen molar-refractivity contribution in [2.75, 3.05) is 57.1 Å². The fourth-order valence-corrected chi connectivity index (χ4v) is 6.75. The lowest BCUT2D eigenvalue weighted by Crippen LogP contribution is -2.51. The first-order valence-corrected chi connectivity index (χ1v) is 17.3. The van der Waals surface area contributed by atoms with Gasteiger partial charge in [0.15, 0.2) is 5.65 Å². The van der Waals surface area contributed by atoms with E-state index in [9.17, 15) is 18.4 Å². The normalized spacial score (nSPS) is 14.2. The molecule has 1 aliphatic heterocycles. The van der Waals surface area contributed by atoms with Crippen molar-refractivity contribution in [3.63, 3.8) is 0 Å². The van der Waals surface area contributed by atoms with E-state index in [2.05, 4.69) is 17.2 Å². The number of carbonyl (C=O) groups is 1. The van der Waals surface area contributed by atoms with Crippen molar-refractivity contribution < 1.29 is 22.8 Å². The van der Waals surface area contributed by atoms with Gasteiger partial charge in [0.2, 0.25) is 5.43 Å². The Kier molecular flexibility index (Phi) is 11.7. The molecule has 1 aliphatic rings. The summed E-state index contributed by atoms with van der Waals surface area (Å²) in [5.74, 6) is -1.38. The molecule has 4 aromatic rings. The first kappa shape index (κ1) is 35.3. The maximum atomic E-state index is 13.8. The van der Waals surface area contributed by atoms with Crippen LogP contribution in [-0.4, -0.2) is 66.8 Å². The standard InChI is InChI=1S/C37H44ClF2N5O3/c1-4-45(18-10-8-11-19-45)17-9-6-5-7-12-20-48-33-15-13-29(24-32(33)38)44-25-31(37(47)41-28-22-26(39)21-27(40)23-28)35(46)30-14-16-34(43(2)3)42-36(30)44/h13-16,21-25H,4-12,17-20H2,1-3H3/p+1. The molecule has 1 fully saturated rings. The molecular formula is C37H45ClF2N5O3+. The van der Waals surface area contributed by atoms with Crippen molar-refractivity contribution in [2.45, 2.75) is 58.3 Å². The minimum Gasteiger partial charge on any atom is -0.492 e. The number of rotatable bonds is 14. The summed E-state index contributed by atoms with van der Waals surface area (Å²) in [4.78, 5) is 33.2. The van der Waals surface area contributed by atoms with Crippen LogP contribution in [0, 0.1) is 11.6 Å². The van der Waals surface area contributed by atoms with E-state index in [1.54, 1.807) is 39.8 Å². The maximum absolute atomic E-state index is 13.8. The van der Waals surface area contributed by atoms with Gasteiger partial charge in [-0.2, -0.15) is 0 Å². The molecule has 0 spiro atoms. The summed E-state index contributed by atoms with van der Waals surface area (Å²) in [5, 5.41) is 3.00. The quantitative estimate of drug-likeness (QED) is 0.108. The molecule has 0 radical (unpaired) electrons. The second kappa shape index (κ2) is 15.9. The summed E-state index contributed by atoms with van der Waals surface area (Å²) in [6.45, 7) is 8.10. The molecule has 256 valence electrons. The Balaban J connectivity index is 1.28. The number of quaternary nitrogens is 1. The highest BCUT2D eigenvalue weighted by atomic mass is 35.5. The smallest absolute Gasteiger partial charge is 0.261 e. The number of nitrogens with zero attached hydrogens (tertiary/aromatic N) is 4. The van der Waals surface area contributed by atoms with Gasteiger partial charge >= 0.3 is 0 Å². The minimum atomic E-state index is -0.854. The molecule has 1 saturated heterocycles. The zero-order valence-corrected chi connectivity index (χ0v) is 28.8. The fraction of sp³-hybridized carbons (Fsp3) is 0.432. The zero-order valence-electron chi connectivity index (χ0n) is 28.0. The van der Waals surface area contributed by atoms with Crippen molar-refractivity contribution in [3.05, 3.63) is 87.2 Å². The van der Waals surface area contributed by atoms with Crippen LogP contribution in [0.25, 0.3) is 16.7 Å². The number of anilines is 2. The number of hydrogen-bond acceptors (Lipinski definition) is 5. The number of fused-ring (bicyclic) bond motifs is 1. The number of hydrogen-bond donors (Lipinski definition) is 1. The number of likely N-dealkylation sites (tertiary alicyclic amines) is 1. The van der Waals surface area contributed by atoms with Gasteiger partial charge in [-0.3, -0.25) is 9.59 Å². The summed E-state index contributed by atoms with van der Waals surface area (Å²) in [6, 6.07) is 11.2. The number of ether oxygens (including phenoxy) is 1. The Bertz CT molecular complexity index is 1790. The van der Waals surface area contributed by atoms with E-state index >= 15 is 0 Å². The SMILES string of the molecule is CC[N+]1(CCCCCCCOc2ccc(-n3cc(C(=O)Nc4cc(F)cc(F)c4)c(=O)c4ccc(N(C)C)nc43)cc2Cl)CCCCC1. The highest BCUT2D eigenvalue weighted by Gasteiger charge is 2.27. The van der Waals surface area contributed by atoms with Crippen molar-refractivity contribution in [1.29, 1.82) is 0 Å². The van der Waals surface area contributed by atoms with Gasteiger partial charge in [-0.05, 0) is 87.9 Å². The summed E-state index contributed by atoms with van der Waals surface area (Å²) in [6.07, 6.45) is 11.2. The fourth-order valence-electron chi connectivity index (χ4n) is 6.52. The van der Waals surface area contributed by atoms with E-state index in [4.69, 9.17) is 16.3 Å². The van der Waals surface area contributed by atoms with E-state index in [1.807, 2.05) is 14.1 Å². The van der Waals surface area contributed by atoms with Crippen LogP contribution in [0.1, 0.15) is 68.6 Å². The van der Waals surface area contributed by atoms with Crippen LogP contribution in [0.4, 0.5) is 20.3 Å². The van der Waals surface area contributed by atoms with Crippen molar-refractivity contribution >= 4 is 40.0 Å². The van der Waals surface area contributed by atoms with Crippen LogP contribution in [-0.2, 0) is 0 Å². The Morgan fingerprint density at radius 1 is 0.979 bits per heavy atom. The molecule has 5 rings (SSSR count). The van der Waals surface area contributed by atoms with Gasteiger partial charge in [0.05, 0.1) is 43.2 Å². The van der Waals surface area contributed by atoms with E-state index < -0.39 is 23.0 Å². The number of carbonyl (C=O) groups excluding carboxylic acids is 1. The molecule has 2 aromatic heterocycles. The van der Waals surface area contributed by atoms with Crippen LogP contribution < -0.4 is 20.4 Å². The number of benzene rings is 2. The summed E-state index contributed by atoms with van der Waals surface area (Å²) < 4.78 is 36.5. The maximum Gasteiger partial charge on any atom is 0.261 e. The Morgan fingerprint density at radius 3 is 2.38 bits per heavy atom. The molecule has 3 heterocycles. The summed E-state index contributed by atoms with van der Waals surface area (Å²) >= 11 is 6.68. The zero-order chi connectivity index (χ0) is 34.3. The van der Waals surface area contributed by atoms with Crippen molar-refractivity contribution in [2.24, 2.45) is 0 Å². The summed E-state index contributed by atoms with van der Waals surface area (Å²) in [7, 11) is 3.66. The predicted molar refractivity (Wildman–Crippen MR) is 189 cm³/mol. The van der Waals surface area contributed by atoms with Crippen LogP contribution in [0.2, 0.25) is 5.02 Å². The van der Waals surface area contributed by atoms with Crippen molar-refractivity contribution in [3.8, 4) is 11.4 Å². The van der Waals surface area contributed by atoms with Crippen LogP contribution in [0.3, 0.4) is 0 Å². The number of pyridine rings is 2. The molecule has 1 N–H and O–H groups in total. The van der Waals surface area contributed by atoms with E-state index in [1.165, 1.54) is 75.4 Å². The van der Waals surface area contributed by atoms with Gasteiger partial charge in [0.1, 0.15) is 28.8 Å². The average molecular weight is 681 g/mol. The van der Waals surface area contributed by atoms with Crippen molar-refractivity contribution in [1.82, 2.24) is 9.55 Å². The third-order valence-corrected chi connectivity index (χ3v) is 9.62. The van der Waals surface area contributed by atoms with Crippen LogP contribution in [0.5, 0.6) is 5.75 Å². The Morgan fingerprint density at radius 2 is 1.69 bits per heavy atom. The third-order valence-electron chi connectivity index (χ3n) is 9.32. The lowest BCUT2D eigenvalue weighted by atomic mass is 10.1. The molecule has 2 aromatic carbocycles. The molecule has 0 unspecified atom stereocenters. The molecule has 0 bridgehead atoms. The molecule has 0 atom stereocenters. The first-order chi connectivity index (χ1) is 23.1. The second-order valence-corrected chi connectivity index (χ2v) is 13.3. The highest BCUT2D eigenvalue weighted by Crippen LogP contribution is 2.29. The third kappa shape index (κ3) is 8.52. The van der Waals surface area contributed by atoms with Gasteiger partial charge in [0.25, 0.3) is 5.91 Å². The molecule has 48 heavy (non-hydrogen) atoms. The van der Waals surface area contributed by atoms with E-state index in [0.717, 1.165) is 25.0 Å². The van der Waals surface area contributed by atoms with Gasteiger partial charge in [-0.25, -0.2) is 13.8 Å². The monoisotopic (exact) mass is 680 g/mol.